The van der Waals surface area contributed by atoms with Crippen molar-refractivity contribution in [3.63, 3.8) is 0 Å². The second-order valence-corrected chi connectivity index (χ2v) is 7.67. The highest BCUT2D eigenvalue weighted by atomic mass is 32.1. The zero-order valence-electron chi connectivity index (χ0n) is 14.8. The van der Waals surface area contributed by atoms with Crippen LogP contribution in [-0.2, 0) is 21.4 Å². The summed E-state index contributed by atoms with van der Waals surface area (Å²) in [7, 11) is 0. The Hall–Kier alpha value is -2.41. The van der Waals surface area contributed by atoms with Crippen molar-refractivity contribution >= 4 is 28.3 Å². The molecule has 2 rings (SSSR count). The van der Waals surface area contributed by atoms with Crippen molar-refractivity contribution in [3.05, 3.63) is 40.9 Å². The average Bonchev–Trinajstić information content (AvgIpc) is 2.93. The highest BCUT2D eigenvalue weighted by molar-refractivity contribution is 7.13. The minimum Gasteiger partial charge on any atom is -0.481 e. The maximum Gasteiger partial charge on any atom is 0.266 e. The second-order valence-electron chi connectivity index (χ2n) is 6.81. The molecular formula is C18H23N3O3S. The van der Waals surface area contributed by atoms with Gasteiger partial charge >= 0.3 is 0 Å². The highest BCUT2D eigenvalue weighted by Gasteiger charge is 2.18. The minimum atomic E-state index is -0.677. The first-order valence-corrected chi connectivity index (χ1v) is 8.84. The smallest absolute Gasteiger partial charge is 0.266 e. The molecule has 3 N–H and O–H groups in total. The van der Waals surface area contributed by atoms with Crippen LogP contribution in [0.1, 0.15) is 39.0 Å². The molecule has 0 aliphatic carbocycles. The number of carbonyl (C=O) groups is 2. The second kappa shape index (κ2) is 7.65. The Morgan fingerprint density at radius 3 is 2.48 bits per heavy atom. The van der Waals surface area contributed by atoms with Crippen LogP contribution in [-0.4, -0.2) is 22.9 Å². The van der Waals surface area contributed by atoms with Gasteiger partial charge in [0.25, 0.3) is 5.91 Å². The monoisotopic (exact) mass is 361 g/mol. The van der Waals surface area contributed by atoms with E-state index in [0.717, 1.165) is 0 Å². The molecule has 0 aliphatic rings. The highest BCUT2D eigenvalue weighted by Crippen LogP contribution is 2.25. The number of ether oxygens (including phenoxy) is 1. The number of benzene rings is 1. The Kier molecular flexibility index (Phi) is 5.79. The molecule has 0 spiro atoms. The van der Waals surface area contributed by atoms with Crippen molar-refractivity contribution < 1.29 is 14.3 Å². The van der Waals surface area contributed by atoms with E-state index < -0.39 is 12.0 Å². The van der Waals surface area contributed by atoms with Gasteiger partial charge in [-0.25, -0.2) is 4.98 Å². The first-order chi connectivity index (χ1) is 11.6. The first-order valence-electron chi connectivity index (χ1n) is 7.96. The number of anilines is 1. The van der Waals surface area contributed by atoms with E-state index in [4.69, 9.17) is 10.5 Å². The molecule has 0 unspecified atom stereocenters. The molecule has 0 saturated heterocycles. The molecule has 0 bridgehead atoms. The van der Waals surface area contributed by atoms with Crippen LogP contribution < -0.4 is 15.8 Å². The quantitative estimate of drug-likeness (QED) is 0.827. The number of hydrogen-bond donors (Lipinski definition) is 2. The third-order valence-corrected chi connectivity index (χ3v) is 4.35. The number of primary amides is 1. The van der Waals surface area contributed by atoms with Crippen molar-refractivity contribution in [3.8, 4) is 5.75 Å². The fourth-order valence-electron chi connectivity index (χ4n) is 2.12. The van der Waals surface area contributed by atoms with Crippen LogP contribution >= 0.6 is 11.3 Å². The maximum absolute atomic E-state index is 12.2. The maximum atomic E-state index is 12.2. The van der Waals surface area contributed by atoms with E-state index >= 15 is 0 Å². The molecule has 2 aromatic rings. The predicted octanol–water partition coefficient (Wildman–Crippen LogP) is 2.87. The standard InChI is InChI=1S/C18H23N3O3S/c1-11(24-14-7-5-12(6-8-14)18(2,3)4)16(23)21-17-20-13(10-25-17)9-15(19)22/h5-8,10-11H,9H2,1-4H3,(H2,19,22)(H,20,21,23)/t11-/m1/s1. The normalized spacial score (nSPS) is 12.5. The van der Waals surface area contributed by atoms with Crippen molar-refractivity contribution in [1.82, 2.24) is 4.98 Å². The molecule has 1 aromatic carbocycles. The molecule has 7 heteroatoms. The van der Waals surface area contributed by atoms with Crippen LogP contribution in [0.25, 0.3) is 0 Å². The average molecular weight is 361 g/mol. The molecule has 1 aromatic heterocycles. The summed E-state index contributed by atoms with van der Waals surface area (Å²) >= 11 is 1.24. The molecule has 25 heavy (non-hydrogen) atoms. The first kappa shape index (κ1) is 18.9. The zero-order chi connectivity index (χ0) is 18.6. The van der Waals surface area contributed by atoms with Crippen LogP contribution in [0.4, 0.5) is 5.13 Å². The van der Waals surface area contributed by atoms with Crippen LogP contribution in [0.2, 0.25) is 0 Å². The summed E-state index contributed by atoms with van der Waals surface area (Å²) < 4.78 is 5.68. The third-order valence-electron chi connectivity index (χ3n) is 3.54. The molecular weight excluding hydrogens is 338 g/mol. The molecule has 2 amide bonds. The number of nitrogens with zero attached hydrogens (tertiary/aromatic N) is 1. The molecule has 1 heterocycles. The lowest BCUT2D eigenvalue weighted by molar-refractivity contribution is -0.122. The van der Waals surface area contributed by atoms with Gasteiger partial charge in [0.2, 0.25) is 5.91 Å². The summed E-state index contributed by atoms with van der Waals surface area (Å²) in [5.41, 5.74) is 6.93. The summed E-state index contributed by atoms with van der Waals surface area (Å²) in [5, 5.41) is 4.79. The largest absolute Gasteiger partial charge is 0.481 e. The fourth-order valence-corrected chi connectivity index (χ4v) is 2.84. The Balaban J connectivity index is 1.93. The van der Waals surface area contributed by atoms with E-state index in [1.807, 2.05) is 24.3 Å². The molecule has 0 aliphatic heterocycles. The Bertz CT molecular complexity index is 748. The van der Waals surface area contributed by atoms with Gasteiger partial charge in [0, 0.05) is 5.38 Å². The van der Waals surface area contributed by atoms with Gasteiger partial charge in [-0.2, -0.15) is 0 Å². The van der Waals surface area contributed by atoms with Crippen LogP contribution in [0.3, 0.4) is 0 Å². The van der Waals surface area contributed by atoms with E-state index in [1.54, 1.807) is 12.3 Å². The van der Waals surface area contributed by atoms with Crippen LogP contribution in [0, 0.1) is 0 Å². The number of rotatable bonds is 6. The van der Waals surface area contributed by atoms with Gasteiger partial charge < -0.3 is 10.5 Å². The molecule has 134 valence electrons. The number of thiazole rings is 1. The lowest BCUT2D eigenvalue weighted by atomic mass is 9.87. The number of carbonyl (C=O) groups excluding carboxylic acids is 2. The van der Waals surface area contributed by atoms with Crippen LogP contribution in [0.15, 0.2) is 29.6 Å². The van der Waals surface area contributed by atoms with E-state index in [1.165, 1.54) is 16.9 Å². The van der Waals surface area contributed by atoms with Gasteiger partial charge in [-0.05, 0) is 30.0 Å². The topological polar surface area (TPSA) is 94.3 Å². The van der Waals surface area contributed by atoms with E-state index in [-0.39, 0.29) is 17.7 Å². The van der Waals surface area contributed by atoms with Gasteiger partial charge in [-0.3, -0.25) is 14.9 Å². The lowest BCUT2D eigenvalue weighted by Crippen LogP contribution is -2.30. The molecule has 0 fully saturated rings. The SMILES string of the molecule is C[C@@H](Oc1ccc(C(C)(C)C)cc1)C(=O)Nc1nc(CC(N)=O)cs1. The lowest BCUT2D eigenvalue weighted by Gasteiger charge is -2.20. The number of aromatic nitrogens is 1. The van der Waals surface area contributed by atoms with Gasteiger partial charge in [0.15, 0.2) is 11.2 Å². The summed E-state index contributed by atoms with van der Waals surface area (Å²) in [6, 6.07) is 7.71. The van der Waals surface area contributed by atoms with Crippen molar-refractivity contribution in [1.29, 1.82) is 0 Å². The third kappa shape index (κ3) is 5.56. The zero-order valence-corrected chi connectivity index (χ0v) is 15.6. The molecule has 6 nitrogen and oxygen atoms in total. The summed E-state index contributed by atoms with van der Waals surface area (Å²) in [6.07, 6.45) is -0.623. The van der Waals surface area contributed by atoms with Gasteiger partial charge in [-0.15, -0.1) is 11.3 Å². The van der Waals surface area contributed by atoms with Gasteiger partial charge in [-0.1, -0.05) is 32.9 Å². The number of nitrogens with two attached hydrogens (primary N) is 1. The van der Waals surface area contributed by atoms with E-state index in [9.17, 15) is 9.59 Å². The van der Waals surface area contributed by atoms with Crippen molar-refractivity contribution in [2.24, 2.45) is 5.73 Å². The fraction of sp³-hybridized carbons (Fsp3) is 0.389. The van der Waals surface area contributed by atoms with Gasteiger partial charge in [0.1, 0.15) is 5.75 Å². The van der Waals surface area contributed by atoms with Crippen LogP contribution in [0.5, 0.6) is 5.75 Å². The van der Waals surface area contributed by atoms with Gasteiger partial charge in [0.05, 0.1) is 12.1 Å². The summed E-state index contributed by atoms with van der Waals surface area (Å²) in [4.78, 5) is 27.2. The van der Waals surface area contributed by atoms with Crippen molar-refractivity contribution in [2.45, 2.75) is 45.6 Å². The minimum absolute atomic E-state index is 0.0541. The molecule has 1 atom stereocenters. The summed E-state index contributed by atoms with van der Waals surface area (Å²) in [6.45, 7) is 8.09. The summed E-state index contributed by atoms with van der Waals surface area (Å²) in [5.74, 6) is -0.136. The van der Waals surface area contributed by atoms with E-state index in [2.05, 4.69) is 31.1 Å². The van der Waals surface area contributed by atoms with Crippen molar-refractivity contribution in [2.75, 3.05) is 5.32 Å². The molecule has 0 radical (unpaired) electrons. The number of amides is 2. The number of hydrogen-bond acceptors (Lipinski definition) is 5. The molecule has 0 saturated carbocycles. The number of nitrogens with one attached hydrogen (secondary N) is 1. The Morgan fingerprint density at radius 1 is 1.28 bits per heavy atom. The van der Waals surface area contributed by atoms with E-state index in [0.29, 0.717) is 16.6 Å². The predicted molar refractivity (Wildman–Crippen MR) is 98.9 cm³/mol. The Morgan fingerprint density at radius 2 is 1.92 bits per heavy atom. The Labute approximate surface area is 151 Å².